The highest BCUT2D eigenvalue weighted by Crippen LogP contribution is 2.44. The van der Waals surface area contributed by atoms with Crippen LogP contribution < -0.4 is 10.6 Å². The first-order valence-corrected chi connectivity index (χ1v) is 11.1. The second-order valence-electron chi connectivity index (χ2n) is 8.51. The summed E-state index contributed by atoms with van der Waals surface area (Å²) < 4.78 is 5.00. The zero-order valence-electron chi connectivity index (χ0n) is 18.6. The minimum absolute atomic E-state index is 0.0219. The van der Waals surface area contributed by atoms with Gasteiger partial charge in [0, 0.05) is 46.9 Å². The molecule has 2 saturated heterocycles. The maximum Gasteiger partial charge on any atom is 0.317 e. The smallest absolute Gasteiger partial charge is 0.317 e. The first-order chi connectivity index (χ1) is 15.0. The van der Waals surface area contributed by atoms with Gasteiger partial charge in [0.05, 0.1) is 5.41 Å². The van der Waals surface area contributed by atoms with Crippen molar-refractivity contribution >= 4 is 17.8 Å². The van der Waals surface area contributed by atoms with E-state index in [9.17, 15) is 14.4 Å². The quantitative estimate of drug-likeness (QED) is 0.610. The second-order valence-corrected chi connectivity index (χ2v) is 8.51. The van der Waals surface area contributed by atoms with Gasteiger partial charge in [0.15, 0.2) is 0 Å². The summed E-state index contributed by atoms with van der Waals surface area (Å²) in [6, 6.07) is 9.52. The predicted molar refractivity (Wildman–Crippen MR) is 117 cm³/mol. The van der Waals surface area contributed by atoms with E-state index < -0.39 is 11.5 Å². The number of likely N-dealkylation sites (tertiary alicyclic amines) is 2. The largest absolute Gasteiger partial charge is 0.385 e. The van der Waals surface area contributed by atoms with Crippen LogP contribution in [-0.2, 0) is 20.7 Å². The van der Waals surface area contributed by atoms with Crippen LogP contribution in [0.25, 0.3) is 0 Å². The maximum atomic E-state index is 13.0. The molecule has 0 saturated carbocycles. The molecule has 2 aliphatic heterocycles. The van der Waals surface area contributed by atoms with E-state index in [2.05, 4.69) is 10.6 Å². The summed E-state index contributed by atoms with van der Waals surface area (Å²) in [4.78, 5) is 41.5. The number of nitrogens with zero attached hydrogens (tertiary/aromatic N) is 2. The molecule has 2 N–H and O–H groups in total. The van der Waals surface area contributed by atoms with E-state index in [0.717, 1.165) is 12.8 Å². The molecule has 31 heavy (non-hydrogen) atoms. The number of urea groups is 1. The molecular formula is C23H34N4O4. The second kappa shape index (κ2) is 10.6. The van der Waals surface area contributed by atoms with Gasteiger partial charge in [-0.3, -0.25) is 9.59 Å². The van der Waals surface area contributed by atoms with Gasteiger partial charge in [-0.25, -0.2) is 4.79 Å². The Morgan fingerprint density at radius 3 is 2.52 bits per heavy atom. The zero-order valence-corrected chi connectivity index (χ0v) is 18.6. The Morgan fingerprint density at radius 2 is 1.84 bits per heavy atom. The van der Waals surface area contributed by atoms with Gasteiger partial charge in [-0.2, -0.15) is 0 Å². The summed E-state index contributed by atoms with van der Waals surface area (Å²) in [6.07, 6.45) is 3.23. The molecule has 0 bridgehead atoms. The molecule has 1 spiro atoms. The molecule has 170 valence electrons. The molecule has 2 aliphatic rings. The number of likely N-dealkylation sites (N-methyl/N-ethyl adjacent to an activating group) is 1. The highest BCUT2D eigenvalue weighted by atomic mass is 16.5. The number of methoxy groups -OCH3 is 1. The number of carbonyl (C=O) groups excluding carboxylic acids is 3. The molecule has 1 aromatic rings. The van der Waals surface area contributed by atoms with Crippen molar-refractivity contribution in [2.75, 3.05) is 46.9 Å². The summed E-state index contributed by atoms with van der Waals surface area (Å²) in [5, 5.41) is 5.89. The van der Waals surface area contributed by atoms with E-state index in [0.29, 0.717) is 52.0 Å². The molecule has 4 amide bonds. The zero-order chi connectivity index (χ0) is 22.3. The third-order valence-electron chi connectivity index (χ3n) is 6.49. The molecule has 2 fully saturated rings. The van der Waals surface area contributed by atoms with Crippen LogP contribution in [-0.4, -0.2) is 80.6 Å². The van der Waals surface area contributed by atoms with E-state index in [1.807, 2.05) is 30.3 Å². The van der Waals surface area contributed by atoms with Gasteiger partial charge < -0.3 is 25.2 Å². The molecule has 0 unspecified atom stereocenters. The Morgan fingerprint density at radius 1 is 1.13 bits per heavy atom. The fourth-order valence-corrected chi connectivity index (χ4v) is 4.55. The lowest BCUT2D eigenvalue weighted by molar-refractivity contribution is -0.139. The molecule has 8 nitrogen and oxygen atoms in total. The Labute approximate surface area is 184 Å². The number of rotatable bonds is 8. The van der Waals surface area contributed by atoms with Gasteiger partial charge in [-0.15, -0.1) is 0 Å². The van der Waals surface area contributed by atoms with Crippen molar-refractivity contribution in [2.45, 2.75) is 38.1 Å². The third kappa shape index (κ3) is 5.55. The number of carbonyl (C=O) groups is 3. The number of piperidine rings is 1. The van der Waals surface area contributed by atoms with Gasteiger partial charge in [-0.05, 0) is 37.7 Å². The summed E-state index contributed by atoms with van der Waals surface area (Å²) in [7, 11) is 3.34. The van der Waals surface area contributed by atoms with Crippen molar-refractivity contribution in [1.82, 2.24) is 20.4 Å². The molecule has 0 aromatic heterocycles. The van der Waals surface area contributed by atoms with Crippen LogP contribution in [0.15, 0.2) is 30.3 Å². The van der Waals surface area contributed by atoms with Crippen LogP contribution in [0, 0.1) is 5.41 Å². The number of amides is 4. The van der Waals surface area contributed by atoms with Crippen molar-refractivity contribution in [2.24, 2.45) is 5.41 Å². The van der Waals surface area contributed by atoms with Gasteiger partial charge >= 0.3 is 6.03 Å². The SMILES string of the molecule is COCCCNC(=O)[C@@H]1CC2(CCN(C(=O)NCCc3ccccc3)CC2)C(=O)N1C. The van der Waals surface area contributed by atoms with Crippen molar-refractivity contribution < 1.29 is 19.1 Å². The molecule has 8 heteroatoms. The van der Waals surface area contributed by atoms with Gasteiger partial charge in [0.25, 0.3) is 0 Å². The normalized spacial score (nSPS) is 20.2. The van der Waals surface area contributed by atoms with E-state index in [-0.39, 0.29) is 17.8 Å². The summed E-state index contributed by atoms with van der Waals surface area (Å²) >= 11 is 0. The highest BCUT2D eigenvalue weighted by molar-refractivity contribution is 5.94. The number of benzene rings is 1. The van der Waals surface area contributed by atoms with Crippen LogP contribution in [0.2, 0.25) is 0 Å². The van der Waals surface area contributed by atoms with Gasteiger partial charge in [0.2, 0.25) is 11.8 Å². The summed E-state index contributed by atoms with van der Waals surface area (Å²) in [6.45, 7) is 2.76. The Hall–Kier alpha value is -2.61. The summed E-state index contributed by atoms with van der Waals surface area (Å²) in [5.41, 5.74) is 0.649. The van der Waals surface area contributed by atoms with Gasteiger partial charge in [-0.1, -0.05) is 30.3 Å². The van der Waals surface area contributed by atoms with Crippen LogP contribution in [0.4, 0.5) is 4.79 Å². The van der Waals surface area contributed by atoms with Crippen molar-refractivity contribution in [3.63, 3.8) is 0 Å². The van der Waals surface area contributed by atoms with E-state index >= 15 is 0 Å². The molecule has 0 radical (unpaired) electrons. The Balaban J connectivity index is 1.46. The number of nitrogens with one attached hydrogen (secondary N) is 2. The average molecular weight is 431 g/mol. The van der Waals surface area contributed by atoms with Crippen molar-refractivity contribution in [3.8, 4) is 0 Å². The van der Waals surface area contributed by atoms with E-state index in [1.165, 1.54) is 5.56 Å². The number of ether oxygens (including phenoxy) is 1. The average Bonchev–Trinajstić information content (AvgIpc) is 3.03. The molecule has 1 aromatic carbocycles. The Kier molecular flexibility index (Phi) is 7.90. The van der Waals surface area contributed by atoms with Crippen LogP contribution in [0.5, 0.6) is 0 Å². The fraction of sp³-hybridized carbons (Fsp3) is 0.609. The highest BCUT2D eigenvalue weighted by Gasteiger charge is 2.53. The minimum Gasteiger partial charge on any atom is -0.385 e. The first kappa shape index (κ1) is 23.1. The summed E-state index contributed by atoms with van der Waals surface area (Å²) in [5.74, 6) is -0.0846. The molecule has 1 atom stereocenters. The Bertz CT molecular complexity index is 762. The van der Waals surface area contributed by atoms with Gasteiger partial charge in [0.1, 0.15) is 6.04 Å². The third-order valence-corrected chi connectivity index (χ3v) is 6.49. The van der Waals surface area contributed by atoms with Crippen molar-refractivity contribution in [1.29, 1.82) is 0 Å². The lowest BCUT2D eigenvalue weighted by Crippen LogP contribution is -2.49. The van der Waals surface area contributed by atoms with Crippen LogP contribution in [0.1, 0.15) is 31.2 Å². The lowest BCUT2D eigenvalue weighted by Gasteiger charge is -2.37. The molecule has 0 aliphatic carbocycles. The number of hydrogen-bond acceptors (Lipinski definition) is 4. The van der Waals surface area contributed by atoms with Crippen LogP contribution in [0.3, 0.4) is 0 Å². The molecular weight excluding hydrogens is 396 g/mol. The standard InChI is InChI=1S/C23H34N4O4/c1-26-19(20(28)24-12-6-16-31-2)17-23(21(26)29)10-14-27(15-11-23)22(30)25-13-9-18-7-4-3-5-8-18/h3-5,7-8,19H,6,9-17H2,1-2H3,(H,24,28)(H,25,30)/t19-/m0/s1. The van der Waals surface area contributed by atoms with Crippen molar-refractivity contribution in [3.05, 3.63) is 35.9 Å². The maximum absolute atomic E-state index is 13.0. The van der Waals surface area contributed by atoms with E-state index in [4.69, 9.17) is 4.74 Å². The van der Waals surface area contributed by atoms with Crippen LogP contribution >= 0.6 is 0 Å². The molecule has 2 heterocycles. The monoisotopic (exact) mass is 430 g/mol. The van der Waals surface area contributed by atoms with E-state index in [1.54, 1.807) is 24.0 Å². The minimum atomic E-state index is -0.538. The number of hydrogen-bond donors (Lipinski definition) is 2. The predicted octanol–water partition coefficient (Wildman–Crippen LogP) is 1.40. The molecule has 3 rings (SSSR count). The lowest BCUT2D eigenvalue weighted by atomic mass is 9.76. The fourth-order valence-electron chi connectivity index (χ4n) is 4.55. The first-order valence-electron chi connectivity index (χ1n) is 11.1. The topological polar surface area (TPSA) is 91.0 Å².